The summed E-state index contributed by atoms with van der Waals surface area (Å²) < 4.78 is 6.98. The van der Waals surface area contributed by atoms with Gasteiger partial charge < -0.3 is 10.1 Å². The maximum absolute atomic E-state index is 5.86. The van der Waals surface area contributed by atoms with E-state index in [-0.39, 0.29) is 6.04 Å². The Balaban J connectivity index is 1.91. The highest BCUT2D eigenvalue weighted by molar-refractivity contribution is 9.10. The summed E-state index contributed by atoms with van der Waals surface area (Å²) in [4.78, 5) is 0. The van der Waals surface area contributed by atoms with Crippen LogP contribution in [0.2, 0.25) is 0 Å². The molecule has 2 aromatic rings. The number of fused-ring (bicyclic) bond motifs is 1. The summed E-state index contributed by atoms with van der Waals surface area (Å²) in [5.41, 5.74) is 3.64. The molecule has 3 rings (SSSR count). The van der Waals surface area contributed by atoms with Crippen LogP contribution in [0, 0.1) is 0 Å². The number of rotatable bonds is 2. The molecule has 98 valence electrons. The Morgan fingerprint density at radius 2 is 2.11 bits per heavy atom. The third-order valence-corrected chi connectivity index (χ3v) is 4.19. The van der Waals surface area contributed by atoms with E-state index in [2.05, 4.69) is 64.6 Å². The van der Waals surface area contributed by atoms with E-state index in [0.29, 0.717) is 6.61 Å². The number of halogens is 1. The van der Waals surface area contributed by atoms with Gasteiger partial charge in [0.15, 0.2) is 0 Å². The molecule has 2 nitrogen and oxygen atoms in total. The second-order valence-corrected chi connectivity index (χ2v) is 5.57. The van der Waals surface area contributed by atoms with Gasteiger partial charge in [0.2, 0.25) is 0 Å². The molecule has 1 N–H and O–H groups in total. The number of anilines is 1. The first-order valence-corrected chi connectivity index (χ1v) is 7.34. The Bertz CT molecular complexity index is 597. The lowest BCUT2D eigenvalue weighted by Gasteiger charge is -2.28. The highest BCUT2D eigenvalue weighted by Gasteiger charge is 2.21. The maximum atomic E-state index is 5.86. The van der Waals surface area contributed by atoms with Crippen LogP contribution < -0.4 is 10.1 Å². The summed E-state index contributed by atoms with van der Waals surface area (Å²) in [7, 11) is 0. The average molecular weight is 318 g/mol. The van der Waals surface area contributed by atoms with E-state index in [1.54, 1.807) is 0 Å². The normalized spacial score (nSPS) is 17.3. The summed E-state index contributed by atoms with van der Waals surface area (Å²) >= 11 is 3.60. The van der Waals surface area contributed by atoms with Gasteiger partial charge in [-0.1, -0.05) is 47.1 Å². The standard InChI is InChI=1S/C16H16BrNO/c1-2-11-7-8-16-14(9-11)18-15(10-19-16)12-5-3-4-6-13(12)17/h3-9,15,18H,2,10H2,1H3. The second-order valence-electron chi connectivity index (χ2n) is 4.71. The second kappa shape index (κ2) is 5.25. The highest BCUT2D eigenvalue weighted by Crippen LogP contribution is 2.36. The van der Waals surface area contributed by atoms with Crippen molar-refractivity contribution in [2.24, 2.45) is 0 Å². The lowest BCUT2D eigenvalue weighted by molar-refractivity contribution is 0.286. The van der Waals surface area contributed by atoms with Crippen LogP contribution in [0.4, 0.5) is 5.69 Å². The predicted molar refractivity (Wildman–Crippen MR) is 81.8 cm³/mol. The molecule has 1 heterocycles. The van der Waals surface area contributed by atoms with Crippen molar-refractivity contribution in [1.82, 2.24) is 0 Å². The molecule has 0 saturated carbocycles. The number of ether oxygens (including phenoxy) is 1. The van der Waals surface area contributed by atoms with Crippen molar-refractivity contribution in [3.05, 3.63) is 58.1 Å². The van der Waals surface area contributed by atoms with Gasteiger partial charge in [0, 0.05) is 4.47 Å². The zero-order valence-electron chi connectivity index (χ0n) is 10.8. The molecule has 3 heteroatoms. The number of hydrogen-bond donors (Lipinski definition) is 1. The summed E-state index contributed by atoms with van der Waals surface area (Å²) in [5.74, 6) is 0.945. The first-order chi connectivity index (χ1) is 9.28. The first kappa shape index (κ1) is 12.5. The van der Waals surface area contributed by atoms with E-state index in [9.17, 15) is 0 Å². The quantitative estimate of drug-likeness (QED) is 0.876. The van der Waals surface area contributed by atoms with Crippen LogP contribution in [0.5, 0.6) is 5.75 Å². The molecule has 0 spiro atoms. The SMILES string of the molecule is CCc1ccc2c(c1)NC(c1ccccc1Br)CO2. The molecule has 0 saturated heterocycles. The van der Waals surface area contributed by atoms with E-state index in [4.69, 9.17) is 4.74 Å². The highest BCUT2D eigenvalue weighted by atomic mass is 79.9. The van der Waals surface area contributed by atoms with Crippen LogP contribution in [-0.4, -0.2) is 6.61 Å². The number of nitrogens with one attached hydrogen (secondary N) is 1. The van der Waals surface area contributed by atoms with Crippen molar-refractivity contribution in [3.8, 4) is 5.75 Å². The molecular weight excluding hydrogens is 302 g/mol. The summed E-state index contributed by atoms with van der Waals surface area (Å²) in [6.45, 7) is 2.82. The lowest BCUT2D eigenvalue weighted by atomic mass is 10.0. The molecule has 1 unspecified atom stereocenters. The van der Waals surface area contributed by atoms with Gasteiger partial charge in [-0.25, -0.2) is 0 Å². The maximum Gasteiger partial charge on any atom is 0.142 e. The minimum absolute atomic E-state index is 0.190. The Morgan fingerprint density at radius 1 is 1.26 bits per heavy atom. The number of hydrogen-bond acceptors (Lipinski definition) is 2. The van der Waals surface area contributed by atoms with E-state index >= 15 is 0 Å². The van der Waals surface area contributed by atoms with Crippen molar-refractivity contribution in [2.45, 2.75) is 19.4 Å². The zero-order valence-corrected chi connectivity index (χ0v) is 12.4. The lowest BCUT2D eigenvalue weighted by Crippen LogP contribution is -2.24. The first-order valence-electron chi connectivity index (χ1n) is 6.54. The smallest absolute Gasteiger partial charge is 0.142 e. The van der Waals surface area contributed by atoms with Gasteiger partial charge in [0.25, 0.3) is 0 Å². The fourth-order valence-corrected chi connectivity index (χ4v) is 2.92. The van der Waals surface area contributed by atoms with Gasteiger partial charge in [-0.15, -0.1) is 0 Å². The minimum Gasteiger partial charge on any atom is -0.489 e. The van der Waals surface area contributed by atoms with Crippen LogP contribution in [0.1, 0.15) is 24.1 Å². The molecule has 0 aliphatic carbocycles. The topological polar surface area (TPSA) is 21.3 Å². The van der Waals surface area contributed by atoms with Crippen molar-refractivity contribution in [3.63, 3.8) is 0 Å². The Kier molecular flexibility index (Phi) is 3.47. The van der Waals surface area contributed by atoms with Crippen molar-refractivity contribution < 1.29 is 4.74 Å². The molecule has 1 aliphatic rings. The van der Waals surface area contributed by atoms with E-state index in [1.165, 1.54) is 11.1 Å². The van der Waals surface area contributed by atoms with Crippen molar-refractivity contribution in [2.75, 3.05) is 11.9 Å². The molecule has 1 atom stereocenters. The third-order valence-electron chi connectivity index (χ3n) is 3.47. The number of benzene rings is 2. The monoisotopic (exact) mass is 317 g/mol. The van der Waals surface area contributed by atoms with E-state index in [0.717, 1.165) is 22.3 Å². The molecular formula is C16H16BrNO. The van der Waals surface area contributed by atoms with Crippen LogP contribution in [-0.2, 0) is 6.42 Å². The molecule has 19 heavy (non-hydrogen) atoms. The molecule has 0 fully saturated rings. The molecule has 0 bridgehead atoms. The Labute approximate surface area is 121 Å². The molecule has 2 aromatic carbocycles. The molecule has 1 aliphatic heterocycles. The fourth-order valence-electron chi connectivity index (χ4n) is 2.36. The Hall–Kier alpha value is -1.48. The third kappa shape index (κ3) is 2.47. The van der Waals surface area contributed by atoms with Crippen LogP contribution >= 0.6 is 15.9 Å². The van der Waals surface area contributed by atoms with Gasteiger partial charge in [0.05, 0.1) is 11.7 Å². The van der Waals surface area contributed by atoms with Gasteiger partial charge in [0.1, 0.15) is 12.4 Å². The van der Waals surface area contributed by atoms with Gasteiger partial charge >= 0.3 is 0 Å². The van der Waals surface area contributed by atoms with E-state index in [1.807, 2.05) is 6.07 Å². The fraction of sp³-hybridized carbons (Fsp3) is 0.250. The predicted octanol–water partition coefficient (Wildman–Crippen LogP) is 4.56. The zero-order chi connectivity index (χ0) is 13.2. The van der Waals surface area contributed by atoms with Crippen LogP contribution in [0.3, 0.4) is 0 Å². The summed E-state index contributed by atoms with van der Waals surface area (Å²) in [6.07, 6.45) is 1.04. The van der Waals surface area contributed by atoms with Gasteiger partial charge in [-0.05, 0) is 35.7 Å². The molecule has 0 aromatic heterocycles. The van der Waals surface area contributed by atoms with Gasteiger partial charge in [-0.2, -0.15) is 0 Å². The minimum atomic E-state index is 0.190. The molecule has 0 amide bonds. The summed E-state index contributed by atoms with van der Waals surface area (Å²) in [6, 6.07) is 14.8. The van der Waals surface area contributed by atoms with Crippen LogP contribution in [0.15, 0.2) is 46.9 Å². The van der Waals surface area contributed by atoms with Gasteiger partial charge in [-0.3, -0.25) is 0 Å². The largest absolute Gasteiger partial charge is 0.489 e. The average Bonchev–Trinajstić information content (AvgIpc) is 2.46. The summed E-state index contributed by atoms with van der Waals surface area (Å²) in [5, 5.41) is 3.57. The van der Waals surface area contributed by atoms with E-state index < -0.39 is 0 Å². The Morgan fingerprint density at radius 3 is 2.89 bits per heavy atom. The van der Waals surface area contributed by atoms with Crippen molar-refractivity contribution >= 4 is 21.6 Å². The number of aryl methyl sites for hydroxylation is 1. The molecule has 0 radical (unpaired) electrons. The van der Waals surface area contributed by atoms with Crippen molar-refractivity contribution in [1.29, 1.82) is 0 Å². The van der Waals surface area contributed by atoms with Crippen LogP contribution in [0.25, 0.3) is 0 Å².